The van der Waals surface area contributed by atoms with Gasteiger partial charge in [-0.1, -0.05) is 17.2 Å². The Kier molecular flexibility index (Phi) is 7.04. The second-order valence-electron chi connectivity index (χ2n) is 7.00. The van der Waals surface area contributed by atoms with E-state index >= 15 is 0 Å². The first-order valence-electron chi connectivity index (χ1n) is 9.16. The smallest absolute Gasteiger partial charge is 0.308 e. The average Bonchev–Trinajstić information content (AvgIpc) is 2.61. The fourth-order valence-electron chi connectivity index (χ4n) is 2.79. The summed E-state index contributed by atoms with van der Waals surface area (Å²) in [4.78, 5) is 23.7. The van der Waals surface area contributed by atoms with Crippen LogP contribution >= 0.6 is 0 Å². The molecular weight excluding hydrogens is 358 g/mol. The zero-order chi connectivity index (χ0) is 20.8. The van der Waals surface area contributed by atoms with Gasteiger partial charge in [0.2, 0.25) is 5.75 Å². The van der Waals surface area contributed by atoms with Crippen LogP contribution in [0.5, 0.6) is 17.2 Å². The fraction of sp³-hybridized carbons (Fsp3) is 0.364. The normalized spacial score (nSPS) is 11.4. The highest BCUT2D eigenvalue weighted by molar-refractivity contribution is 5.89. The molecule has 6 heteroatoms. The number of pyridine rings is 1. The highest BCUT2D eigenvalue weighted by Gasteiger charge is 2.16. The number of aryl methyl sites for hydroxylation is 1. The first-order valence-corrected chi connectivity index (χ1v) is 9.16. The van der Waals surface area contributed by atoms with Crippen LogP contribution in [0.3, 0.4) is 0 Å². The van der Waals surface area contributed by atoms with Gasteiger partial charge in [-0.15, -0.1) is 0 Å². The number of aromatic nitrogens is 1. The minimum absolute atomic E-state index is 0.0939. The number of benzene rings is 1. The Morgan fingerprint density at radius 2 is 1.89 bits per heavy atom. The monoisotopic (exact) mass is 385 g/mol. The van der Waals surface area contributed by atoms with Crippen LogP contribution in [-0.4, -0.2) is 22.2 Å². The summed E-state index contributed by atoms with van der Waals surface area (Å²) in [5, 5.41) is 11.0. The van der Waals surface area contributed by atoms with E-state index in [1.54, 1.807) is 19.2 Å². The van der Waals surface area contributed by atoms with E-state index in [4.69, 9.17) is 9.47 Å². The van der Waals surface area contributed by atoms with Crippen molar-refractivity contribution in [3.05, 3.63) is 51.9 Å². The molecule has 0 unspecified atom stereocenters. The Labute approximate surface area is 164 Å². The summed E-state index contributed by atoms with van der Waals surface area (Å²) < 4.78 is 12.0. The maximum Gasteiger partial charge on any atom is 0.308 e. The highest BCUT2D eigenvalue weighted by atomic mass is 16.5. The van der Waals surface area contributed by atoms with Gasteiger partial charge in [-0.25, -0.2) is 0 Å². The number of fused-ring (bicyclic) bond motifs is 1. The number of carbonyl (C=O) groups excluding carboxylic acids is 1. The lowest BCUT2D eigenvalue weighted by Gasteiger charge is -2.13. The minimum atomic E-state index is -0.458. The molecule has 1 aromatic carbocycles. The van der Waals surface area contributed by atoms with Crippen molar-refractivity contribution in [1.29, 1.82) is 0 Å². The second-order valence-corrected chi connectivity index (χ2v) is 7.00. The topological polar surface area (TPSA) is 77.8 Å². The van der Waals surface area contributed by atoms with Crippen molar-refractivity contribution in [3.8, 4) is 17.2 Å². The quantitative estimate of drug-likeness (QED) is 0.438. The molecule has 0 fully saturated rings. The van der Waals surface area contributed by atoms with Crippen LogP contribution in [0.15, 0.2) is 46.3 Å². The van der Waals surface area contributed by atoms with Crippen LogP contribution in [0.1, 0.15) is 40.5 Å². The molecule has 0 saturated heterocycles. The summed E-state index contributed by atoms with van der Waals surface area (Å²) in [6, 6.07) is 4.69. The van der Waals surface area contributed by atoms with E-state index in [9.17, 15) is 14.7 Å². The van der Waals surface area contributed by atoms with Crippen molar-refractivity contribution in [2.75, 3.05) is 6.61 Å². The third-order valence-corrected chi connectivity index (χ3v) is 4.31. The number of carbonyl (C=O) groups is 1. The number of hydrogen-bond acceptors (Lipinski definition) is 5. The predicted molar refractivity (Wildman–Crippen MR) is 110 cm³/mol. The fourth-order valence-corrected chi connectivity index (χ4v) is 2.79. The lowest BCUT2D eigenvalue weighted by molar-refractivity contribution is -0.131. The lowest BCUT2D eigenvalue weighted by Crippen LogP contribution is -2.20. The Morgan fingerprint density at radius 3 is 2.54 bits per heavy atom. The van der Waals surface area contributed by atoms with Crippen molar-refractivity contribution >= 4 is 16.9 Å². The Morgan fingerprint density at radius 1 is 1.18 bits per heavy atom. The maximum absolute atomic E-state index is 12.6. The van der Waals surface area contributed by atoms with Crippen molar-refractivity contribution in [3.63, 3.8) is 0 Å². The molecule has 2 rings (SSSR count). The molecule has 0 aliphatic carbocycles. The molecule has 0 bridgehead atoms. The third-order valence-electron chi connectivity index (χ3n) is 4.31. The van der Waals surface area contributed by atoms with Crippen LogP contribution in [-0.2, 0) is 11.8 Å². The molecule has 0 spiro atoms. The molecule has 0 amide bonds. The highest BCUT2D eigenvalue weighted by Crippen LogP contribution is 2.33. The predicted octanol–water partition coefficient (Wildman–Crippen LogP) is 4.24. The molecule has 28 heavy (non-hydrogen) atoms. The van der Waals surface area contributed by atoms with Gasteiger partial charge in [-0.2, -0.15) is 0 Å². The van der Waals surface area contributed by atoms with E-state index < -0.39 is 11.5 Å². The molecule has 0 aliphatic rings. The van der Waals surface area contributed by atoms with Gasteiger partial charge in [0, 0.05) is 25.4 Å². The van der Waals surface area contributed by atoms with E-state index in [1.165, 1.54) is 23.1 Å². The third kappa shape index (κ3) is 5.25. The summed E-state index contributed by atoms with van der Waals surface area (Å²) in [5.41, 5.74) is 2.42. The average molecular weight is 385 g/mol. The molecular formula is C22H27NO5. The molecule has 1 N–H and O–H groups in total. The van der Waals surface area contributed by atoms with Gasteiger partial charge in [0.25, 0.3) is 5.56 Å². The number of nitrogens with zero attached hydrogens (tertiary/aromatic N) is 1. The Hall–Kier alpha value is -3.02. The Bertz CT molecular complexity index is 994. The van der Waals surface area contributed by atoms with Gasteiger partial charge in [-0.3, -0.25) is 9.59 Å². The van der Waals surface area contributed by atoms with E-state index in [1.807, 2.05) is 13.0 Å². The molecule has 6 nitrogen and oxygen atoms in total. The van der Waals surface area contributed by atoms with Crippen molar-refractivity contribution in [2.24, 2.45) is 7.05 Å². The number of rotatable bonds is 7. The van der Waals surface area contributed by atoms with Crippen LogP contribution in [0.2, 0.25) is 0 Å². The number of hydrogen-bond donors (Lipinski definition) is 1. The van der Waals surface area contributed by atoms with E-state index in [-0.39, 0.29) is 18.1 Å². The minimum Gasteiger partial charge on any atom is -0.504 e. The molecule has 0 aliphatic heterocycles. The SMILES string of the molecule is CC(=O)Oc1ccc2c(O)c(OC/C=C(\C)CCC=C(C)C)c(=O)n(C)c2c1. The van der Waals surface area contributed by atoms with Crippen LogP contribution in [0, 0.1) is 0 Å². The molecule has 0 radical (unpaired) electrons. The zero-order valence-electron chi connectivity index (χ0n) is 17.0. The zero-order valence-corrected chi connectivity index (χ0v) is 17.0. The summed E-state index contributed by atoms with van der Waals surface area (Å²) in [7, 11) is 1.58. The van der Waals surface area contributed by atoms with E-state index in [0.717, 1.165) is 18.4 Å². The second kappa shape index (κ2) is 9.26. The van der Waals surface area contributed by atoms with E-state index in [2.05, 4.69) is 19.9 Å². The molecule has 0 saturated carbocycles. The van der Waals surface area contributed by atoms with Gasteiger partial charge < -0.3 is 19.1 Å². The van der Waals surface area contributed by atoms with E-state index in [0.29, 0.717) is 16.7 Å². The maximum atomic E-state index is 12.6. The number of esters is 1. The van der Waals surface area contributed by atoms with Gasteiger partial charge in [0.15, 0.2) is 5.75 Å². The van der Waals surface area contributed by atoms with Crippen LogP contribution in [0.4, 0.5) is 0 Å². The summed E-state index contributed by atoms with van der Waals surface area (Å²) in [5.74, 6) is -0.468. The van der Waals surface area contributed by atoms with Gasteiger partial charge in [0.05, 0.1) is 5.52 Å². The summed E-state index contributed by atoms with van der Waals surface area (Å²) in [6.45, 7) is 7.63. The molecule has 1 aromatic heterocycles. The first-order chi connectivity index (χ1) is 13.2. The number of aromatic hydroxyl groups is 1. The largest absolute Gasteiger partial charge is 0.504 e. The lowest BCUT2D eigenvalue weighted by atomic mass is 10.1. The molecule has 150 valence electrons. The van der Waals surface area contributed by atoms with Gasteiger partial charge in [-0.05, 0) is 51.8 Å². The van der Waals surface area contributed by atoms with Gasteiger partial charge in [0.1, 0.15) is 12.4 Å². The van der Waals surface area contributed by atoms with Gasteiger partial charge >= 0.3 is 5.97 Å². The molecule has 1 heterocycles. The van der Waals surface area contributed by atoms with Crippen molar-refractivity contribution in [1.82, 2.24) is 4.57 Å². The summed E-state index contributed by atoms with van der Waals surface area (Å²) in [6.07, 6.45) is 5.95. The Balaban J connectivity index is 2.25. The molecule has 0 atom stereocenters. The van der Waals surface area contributed by atoms with Crippen molar-refractivity contribution < 1.29 is 19.4 Å². The molecule has 2 aromatic rings. The summed E-state index contributed by atoms with van der Waals surface area (Å²) >= 11 is 0. The van der Waals surface area contributed by atoms with Crippen molar-refractivity contribution in [2.45, 2.75) is 40.5 Å². The first kappa shape index (κ1) is 21.3. The number of ether oxygens (including phenoxy) is 2. The van der Waals surface area contributed by atoms with Crippen LogP contribution < -0.4 is 15.0 Å². The van der Waals surface area contributed by atoms with Crippen LogP contribution in [0.25, 0.3) is 10.9 Å². The standard InChI is InChI=1S/C22H27NO5/c1-14(2)7-6-8-15(3)11-12-27-21-20(25)18-10-9-17(28-16(4)24)13-19(18)23(5)22(21)26/h7,9-11,13,25H,6,8,12H2,1-5H3/b15-11+. The number of allylic oxidation sites excluding steroid dienone is 3.